The lowest BCUT2D eigenvalue weighted by molar-refractivity contribution is 0.588. The molecule has 0 aromatic heterocycles. The van der Waals surface area contributed by atoms with Crippen LogP contribution in [0.2, 0.25) is 0 Å². The Morgan fingerprint density at radius 1 is 1.78 bits per heavy atom. The van der Waals surface area contributed by atoms with Crippen molar-refractivity contribution in [3.8, 4) is 0 Å². The molecule has 0 saturated heterocycles. The summed E-state index contributed by atoms with van der Waals surface area (Å²) in [5.74, 6) is -0.336. The minimum absolute atomic E-state index is 0.336. The molecule has 1 rings (SSSR count). The van der Waals surface area contributed by atoms with E-state index in [9.17, 15) is 4.39 Å². The van der Waals surface area contributed by atoms with Crippen molar-refractivity contribution in [2.24, 2.45) is 5.73 Å². The number of hydrogen-bond donors (Lipinski definition) is 1. The van der Waals surface area contributed by atoms with Gasteiger partial charge in [0.15, 0.2) is 0 Å². The van der Waals surface area contributed by atoms with E-state index in [1.807, 2.05) is 0 Å². The molecule has 1 aliphatic rings. The Balaban J connectivity index is 2.74. The second-order valence-electron chi connectivity index (χ2n) is 1.94. The molecule has 0 aliphatic heterocycles. The van der Waals surface area contributed by atoms with E-state index in [0.717, 1.165) is 0 Å². The predicted octanol–water partition coefficient (Wildman–Crippen LogP) is 1.69. The van der Waals surface area contributed by atoms with Gasteiger partial charge in [0, 0.05) is 5.70 Å². The minimum atomic E-state index is -0.503. The summed E-state index contributed by atoms with van der Waals surface area (Å²) in [7, 11) is 0. The SMILES string of the molecule is NC1=CCC(Cl)C(F)=C1. The second-order valence-corrected chi connectivity index (χ2v) is 2.46. The van der Waals surface area contributed by atoms with Gasteiger partial charge in [-0.3, -0.25) is 0 Å². The molecule has 2 N–H and O–H groups in total. The topological polar surface area (TPSA) is 26.0 Å². The molecule has 0 fully saturated rings. The summed E-state index contributed by atoms with van der Waals surface area (Å²) in [6.45, 7) is 0. The largest absolute Gasteiger partial charge is 0.399 e. The Kier molecular flexibility index (Phi) is 1.76. The van der Waals surface area contributed by atoms with Crippen molar-refractivity contribution in [3.05, 3.63) is 23.7 Å². The number of nitrogens with two attached hydrogens (primary N) is 1. The maximum atomic E-state index is 12.4. The molecular formula is C6H7ClFN. The summed E-state index contributed by atoms with van der Waals surface area (Å²) < 4.78 is 12.4. The number of hydrogen-bond acceptors (Lipinski definition) is 1. The summed E-state index contributed by atoms with van der Waals surface area (Å²) in [5, 5.41) is -0.503. The van der Waals surface area contributed by atoms with Crippen molar-refractivity contribution in [3.63, 3.8) is 0 Å². The number of rotatable bonds is 0. The molecule has 0 bridgehead atoms. The molecule has 50 valence electrons. The average Bonchev–Trinajstić information content (AvgIpc) is 1.80. The molecule has 0 spiro atoms. The van der Waals surface area contributed by atoms with Gasteiger partial charge < -0.3 is 5.73 Å². The van der Waals surface area contributed by atoms with Gasteiger partial charge in [0.2, 0.25) is 0 Å². The molecule has 1 nitrogen and oxygen atoms in total. The lowest BCUT2D eigenvalue weighted by Gasteiger charge is -2.08. The van der Waals surface area contributed by atoms with Crippen LogP contribution in [-0.4, -0.2) is 5.38 Å². The highest BCUT2D eigenvalue weighted by molar-refractivity contribution is 6.22. The van der Waals surface area contributed by atoms with E-state index < -0.39 is 5.38 Å². The third-order valence-corrected chi connectivity index (χ3v) is 1.55. The summed E-state index contributed by atoms with van der Waals surface area (Å²) >= 11 is 5.49. The summed E-state index contributed by atoms with van der Waals surface area (Å²) in [5.41, 5.74) is 5.74. The Morgan fingerprint density at radius 3 is 2.89 bits per heavy atom. The summed E-state index contributed by atoms with van der Waals surface area (Å²) in [4.78, 5) is 0. The highest BCUT2D eigenvalue weighted by Crippen LogP contribution is 2.21. The van der Waals surface area contributed by atoms with Crippen molar-refractivity contribution in [2.75, 3.05) is 0 Å². The van der Waals surface area contributed by atoms with Gasteiger partial charge in [0.25, 0.3) is 0 Å². The molecule has 3 heteroatoms. The van der Waals surface area contributed by atoms with Crippen LogP contribution in [-0.2, 0) is 0 Å². The average molecular weight is 148 g/mol. The smallest absolute Gasteiger partial charge is 0.120 e. The fourth-order valence-electron chi connectivity index (χ4n) is 0.661. The summed E-state index contributed by atoms with van der Waals surface area (Å²) in [6, 6.07) is 0. The van der Waals surface area contributed by atoms with E-state index in [4.69, 9.17) is 17.3 Å². The predicted molar refractivity (Wildman–Crippen MR) is 35.7 cm³/mol. The highest BCUT2D eigenvalue weighted by atomic mass is 35.5. The first kappa shape index (κ1) is 6.62. The number of allylic oxidation sites excluding steroid dienone is 3. The maximum Gasteiger partial charge on any atom is 0.120 e. The van der Waals surface area contributed by atoms with E-state index in [1.165, 1.54) is 6.08 Å². The number of alkyl halides is 1. The molecule has 0 saturated carbocycles. The van der Waals surface area contributed by atoms with Gasteiger partial charge >= 0.3 is 0 Å². The van der Waals surface area contributed by atoms with E-state index in [-0.39, 0.29) is 5.83 Å². The van der Waals surface area contributed by atoms with Crippen LogP contribution in [0.25, 0.3) is 0 Å². The Labute approximate surface area is 58.0 Å². The van der Waals surface area contributed by atoms with E-state index in [2.05, 4.69) is 0 Å². The van der Waals surface area contributed by atoms with E-state index in [1.54, 1.807) is 6.08 Å². The highest BCUT2D eigenvalue weighted by Gasteiger charge is 2.12. The molecule has 1 aliphatic carbocycles. The number of halogens is 2. The monoisotopic (exact) mass is 147 g/mol. The fourth-order valence-corrected chi connectivity index (χ4v) is 0.813. The molecule has 0 amide bonds. The van der Waals surface area contributed by atoms with Crippen LogP contribution in [0, 0.1) is 0 Å². The van der Waals surface area contributed by atoms with Crippen molar-refractivity contribution in [1.29, 1.82) is 0 Å². The van der Waals surface area contributed by atoms with E-state index >= 15 is 0 Å². The second kappa shape index (κ2) is 2.40. The fraction of sp³-hybridized carbons (Fsp3) is 0.333. The zero-order valence-corrected chi connectivity index (χ0v) is 5.53. The van der Waals surface area contributed by atoms with Crippen LogP contribution in [0.4, 0.5) is 4.39 Å². The van der Waals surface area contributed by atoms with Crippen LogP contribution >= 0.6 is 11.6 Å². The van der Waals surface area contributed by atoms with Gasteiger partial charge in [-0.25, -0.2) is 4.39 Å². The van der Waals surface area contributed by atoms with Crippen molar-refractivity contribution in [1.82, 2.24) is 0 Å². The van der Waals surface area contributed by atoms with Crippen LogP contribution < -0.4 is 5.73 Å². The molecule has 1 atom stereocenters. The zero-order valence-electron chi connectivity index (χ0n) is 4.77. The first-order valence-corrected chi connectivity index (χ1v) is 3.10. The van der Waals surface area contributed by atoms with Gasteiger partial charge in [-0.05, 0) is 12.5 Å². The molecular weight excluding hydrogens is 141 g/mol. The van der Waals surface area contributed by atoms with E-state index in [0.29, 0.717) is 12.1 Å². The molecule has 0 heterocycles. The molecule has 0 aromatic carbocycles. The quantitative estimate of drug-likeness (QED) is 0.519. The first-order valence-electron chi connectivity index (χ1n) is 2.67. The Hall–Kier alpha value is -0.500. The van der Waals surface area contributed by atoms with Gasteiger partial charge in [-0.1, -0.05) is 6.08 Å². The normalized spacial score (nSPS) is 27.1. The van der Waals surface area contributed by atoms with Crippen LogP contribution in [0.3, 0.4) is 0 Å². The van der Waals surface area contributed by atoms with Gasteiger partial charge in [-0.2, -0.15) is 0 Å². The Morgan fingerprint density at radius 2 is 2.44 bits per heavy atom. The zero-order chi connectivity index (χ0) is 6.85. The van der Waals surface area contributed by atoms with Crippen molar-refractivity contribution < 1.29 is 4.39 Å². The van der Waals surface area contributed by atoms with Crippen LogP contribution in [0.5, 0.6) is 0 Å². The van der Waals surface area contributed by atoms with Gasteiger partial charge in [0.1, 0.15) is 5.83 Å². The lowest BCUT2D eigenvalue weighted by Crippen LogP contribution is -2.07. The third kappa shape index (κ3) is 1.45. The molecule has 0 radical (unpaired) electrons. The Bertz CT molecular complexity index is 174. The van der Waals surface area contributed by atoms with Gasteiger partial charge in [0.05, 0.1) is 5.38 Å². The molecule has 0 aromatic rings. The minimum Gasteiger partial charge on any atom is -0.399 e. The lowest BCUT2D eigenvalue weighted by atomic mass is 10.1. The van der Waals surface area contributed by atoms with Crippen molar-refractivity contribution in [2.45, 2.75) is 11.8 Å². The third-order valence-electron chi connectivity index (χ3n) is 1.16. The maximum absolute atomic E-state index is 12.4. The van der Waals surface area contributed by atoms with Crippen molar-refractivity contribution >= 4 is 11.6 Å². The van der Waals surface area contributed by atoms with Gasteiger partial charge in [-0.15, -0.1) is 11.6 Å². The standard InChI is InChI=1S/C6H7ClFN/c7-5-2-1-4(9)3-6(5)8/h1,3,5H,2,9H2. The summed E-state index contributed by atoms with van der Waals surface area (Å²) in [6.07, 6.45) is 3.46. The molecule has 9 heavy (non-hydrogen) atoms. The molecule has 1 unspecified atom stereocenters. The van der Waals surface area contributed by atoms with Crippen LogP contribution in [0.1, 0.15) is 6.42 Å². The first-order chi connectivity index (χ1) is 4.20. The van der Waals surface area contributed by atoms with Crippen LogP contribution in [0.15, 0.2) is 23.7 Å².